The van der Waals surface area contributed by atoms with Gasteiger partial charge in [-0.15, -0.1) is 0 Å². The summed E-state index contributed by atoms with van der Waals surface area (Å²) in [4.78, 5) is 20.6. The highest BCUT2D eigenvalue weighted by Gasteiger charge is 2.23. The minimum Gasteiger partial charge on any atom is -0.373 e. The summed E-state index contributed by atoms with van der Waals surface area (Å²) in [6, 6.07) is 11.7. The molecule has 132 valence electrons. The number of carbonyl (C=O) groups is 1. The van der Waals surface area contributed by atoms with Gasteiger partial charge in [0.05, 0.1) is 37.6 Å². The van der Waals surface area contributed by atoms with Crippen molar-refractivity contribution in [3.63, 3.8) is 0 Å². The number of hydrogen-bond acceptors (Lipinski definition) is 4. The van der Waals surface area contributed by atoms with Gasteiger partial charge in [-0.2, -0.15) is 0 Å². The third-order valence-electron chi connectivity index (χ3n) is 4.56. The van der Waals surface area contributed by atoms with Crippen molar-refractivity contribution in [3.8, 4) is 0 Å². The second kappa shape index (κ2) is 7.09. The number of imidazole rings is 1. The van der Waals surface area contributed by atoms with Gasteiger partial charge in [0.1, 0.15) is 5.82 Å². The molecule has 6 heteroatoms. The number of hydrogen-bond donors (Lipinski definition) is 1. The number of aryl methyl sites for hydroxylation is 1. The largest absolute Gasteiger partial charge is 0.373 e. The first kappa shape index (κ1) is 16.5. The Kier molecular flexibility index (Phi) is 4.50. The van der Waals surface area contributed by atoms with E-state index < -0.39 is 0 Å². The van der Waals surface area contributed by atoms with E-state index in [9.17, 15) is 4.79 Å². The van der Waals surface area contributed by atoms with E-state index in [4.69, 9.17) is 4.74 Å². The molecular formula is C20H20N4O2. The number of benzene rings is 1. The lowest BCUT2D eigenvalue weighted by Crippen LogP contribution is -2.25. The summed E-state index contributed by atoms with van der Waals surface area (Å²) in [5, 5.41) is 2.93. The van der Waals surface area contributed by atoms with Gasteiger partial charge in [0, 0.05) is 18.1 Å². The highest BCUT2D eigenvalue weighted by molar-refractivity contribution is 5.92. The van der Waals surface area contributed by atoms with Crippen molar-refractivity contribution >= 4 is 11.6 Å². The summed E-state index contributed by atoms with van der Waals surface area (Å²) in [5.74, 6) is 0.932. The summed E-state index contributed by atoms with van der Waals surface area (Å²) < 4.78 is 7.92. The standard InChI is InChI=1S/C20H20N4O2/c1-14-22-11-18-12-26-13-19(24(14)18)16-4-6-17(7-5-16)23-20(25)9-15-3-2-8-21-10-15/h2-8,10-11,19H,9,12-13H2,1H3,(H,23,25)/t19-/m1/s1. The SMILES string of the molecule is Cc1ncc2n1[C@@H](c1ccc(NC(=O)Cc3cccnc3)cc1)COC2. The second-order valence-corrected chi connectivity index (χ2v) is 6.41. The lowest BCUT2D eigenvalue weighted by atomic mass is 10.1. The Hall–Kier alpha value is -2.99. The highest BCUT2D eigenvalue weighted by Crippen LogP contribution is 2.28. The number of amides is 1. The van der Waals surface area contributed by atoms with E-state index in [1.54, 1.807) is 12.4 Å². The molecule has 1 aliphatic heterocycles. The van der Waals surface area contributed by atoms with Crippen LogP contribution in [0.25, 0.3) is 0 Å². The maximum Gasteiger partial charge on any atom is 0.228 e. The van der Waals surface area contributed by atoms with Gasteiger partial charge in [0.2, 0.25) is 5.91 Å². The number of anilines is 1. The molecule has 4 rings (SSSR count). The van der Waals surface area contributed by atoms with Gasteiger partial charge in [0.25, 0.3) is 0 Å². The van der Waals surface area contributed by atoms with Crippen LogP contribution in [0.15, 0.2) is 55.0 Å². The number of nitrogens with zero attached hydrogens (tertiary/aromatic N) is 3. The van der Waals surface area contributed by atoms with Crippen LogP contribution in [0.5, 0.6) is 0 Å². The van der Waals surface area contributed by atoms with Crippen LogP contribution in [0.1, 0.15) is 28.7 Å². The van der Waals surface area contributed by atoms with Gasteiger partial charge in [0.15, 0.2) is 0 Å². The van der Waals surface area contributed by atoms with E-state index in [0.717, 1.165) is 28.3 Å². The second-order valence-electron chi connectivity index (χ2n) is 6.41. The molecule has 6 nitrogen and oxygen atoms in total. The topological polar surface area (TPSA) is 69.0 Å². The Morgan fingerprint density at radius 2 is 2.12 bits per heavy atom. The van der Waals surface area contributed by atoms with Crippen LogP contribution in [0.2, 0.25) is 0 Å². The highest BCUT2D eigenvalue weighted by atomic mass is 16.5. The van der Waals surface area contributed by atoms with E-state index in [2.05, 4.69) is 19.9 Å². The molecule has 0 aliphatic carbocycles. The lowest BCUT2D eigenvalue weighted by molar-refractivity contribution is -0.115. The molecule has 0 fully saturated rings. The quantitative estimate of drug-likeness (QED) is 0.787. The third-order valence-corrected chi connectivity index (χ3v) is 4.56. The van der Waals surface area contributed by atoms with Crippen molar-refractivity contribution in [2.75, 3.05) is 11.9 Å². The van der Waals surface area contributed by atoms with E-state index in [1.165, 1.54) is 0 Å². The van der Waals surface area contributed by atoms with Crippen molar-refractivity contribution < 1.29 is 9.53 Å². The van der Waals surface area contributed by atoms with E-state index in [-0.39, 0.29) is 11.9 Å². The van der Waals surface area contributed by atoms with Gasteiger partial charge in [-0.3, -0.25) is 9.78 Å². The summed E-state index contributed by atoms with van der Waals surface area (Å²) in [5.41, 5.74) is 3.90. The number of aromatic nitrogens is 3. The Morgan fingerprint density at radius 3 is 2.88 bits per heavy atom. The molecule has 26 heavy (non-hydrogen) atoms. The van der Waals surface area contributed by atoms with E-state index in [1.807, 2.05) is 49.5 Å². The Balaban J connectivity index is 1.46. The number of pyridine rings is 1. The van der Waals surface area contributed by atoms with Crippen LogP contribution in [-0.4, -0.2) is 27.0 Å². The third kappa shape index (κ3) is 3.36. The van der Waals surface area contributed by atoms with Crippen LogP contribution in [-0.2, 0) is 22.6 Å². The molecule has 3 aromatic rings. The van der Waals surface area contributed by atoms with Gasteiger partial charge >= 0.3 is 0 Å². The molecule has 0 radical (unpaired) electrons. The van der Waals surface area contributed by atoms with Crippen LogP contribution in [0, 0.1) is 6.92 Å². The number of ether oxygens (including phenoxy) is 1. The molecule has 1 aromatic carbocycles. The molecule has 1 aliphatic rings. The van der Waals surface area contributed by atoms with Crippen molar-refractivity contribution in [1.29, 1.82) is 0 Å². The summed E-state index contributed by atoms with van der Waals surface area (Å²) in [7, 11) is 0. The van der Waals surface area contributed by atoms with Gasteiger partial charge in [-0.05, 0) is 36.2 Å². The molecule has 0 saturated carbocycles. The number of nitrogens with one attached hydrogen (secondary N) is 1. The zero-order valence-electron chi connectivity index (χ0n) is 14.6. The van der Waals surface area contributed by atoms with Crippen LogP contribution in [0.4, 0.5) is 5.69 Å². The fourth-order valence-electron chi connectivity index (χ4n) is 3.31. The lowest BCUT2D eigenvalue weighted by Gasteiger charge is -2.27. The zero-order chi connectivity index (χ0) is 17.9. The normalized spacial score (nSPS) is 16.1. The smallest absolute Gasteiger partial charge is 0.228 e. The molecule has 0 bridgehead atoms. The number of carbonyl (C=O) groups excluding carboxylic acids is 1. The van der Waals surface area contributed by atoms with Crippen molar-refractivity contribution in [3.05, 3.63) is 77.6 Å². The van der Waals surface area contributed by atoms with Crippen molar-refractivity contribution in [1.82, 2.24) is 14.5 Å². The molecule has 2 aromatic heterocycles. The summed E-state index contributed by atoms with van der Waals surface area (Å²) in [6.45, 7) is 3.23. The van der Waals surface area contributed by atoms with Gasteiger partial charge in [-0.25, -0.2) is 4.98 Å². The molecule has 1 atom stereocenters. The fraction of sp³-hybridized carbons (Fsp3) is 0.250. The van der Waals surface area contributed by atoms with E-state index >= 15 is 0 Å². The van der Waals surface area contributed by atoms with Gasteiger partial charge in [-0.1, -0.05) is 18.2 Å². The average molecular weight is 348 g/mol. The molecular weight excluding hydrogens is 328 g/mol. The maximum absolute atomic E-state index is 12.2. The predicted molar refractivity (Wildman–Crippen MR) is 97.8 cm³/mol. The Morgan fingerprint density at radius 1 is 1.27 bits per heavy atom. The average Bonchev–Trinajstić information content (AvgIpc) is 3.04. The summed E-state index contributed by atoms with van der Waals surface area (Å²) in [6.07, 6.45) is 5.58. The van der Waals surface area contributed by atoms with Crippen molar-refractivity contribution in [2.24, 2.45) is 0 Å². The number of fused-ring (bicyclic) bond motifs is 1. The first-order valence-corrected chi connectivity index (χ1v) is 8.60. The molecule has 1 N–H and O–H groups in total. The summed E-state index contributed by atoms with van der Waals surface area (Å²) >= 11 is 0. The number of rotatable bonds is 4. The van der Waals surface area contributed by atoms with Crippen molar-refractivity contribution in [2.45, 2.75) is 26.0 Å². The molecule has 1 amide bonds. The zero-order valence-corrected chi connectivity index (χ0v) is 14.6. The first-order valence-electron chi connectivity index (χ1n) is 8.60. The monoisotopic (exact) mass is 348 g/mol. The first-order chi connectivity index (χ1) is 12.7. The van der Waals surface area contributed by atoms with Crippen LogP contribution < -0.4 is 5.32 Å². The van der Waals surface area contributed by atoms with Gasteiger partial charge < -0.3 is 14.6 Å². The van der Waals surface area contributed by atoms with E-state index in [0.29, 0.717) is 19.6 Å². The Bertz CT molecular complexity index is 903. The maximum atomic E-state index is 12.2. The minimum atomic E-state index is -0.0560. The Labute approximate surface area is 151 Å². The molecule has 0 unspecified atom stereocenters. The molecule has 3 heterocycles. The fourth-order valence-corrected chi connectivity index (χ4v) is 3.31. The minimum absolute atomic E-state index is 0.0560. The predicted octanol–water partition coefficient (Wildman–Crippen LogP) is 2.89. The molecule has 0 spiro atoms. The van der Waals surface area contributed by atoms with Crippen LogP contribution >= 0.6 is 0 Å². The van der Waals surface area contributed by atoms with Crippen LogP contribution in [0.3, 0.4) is 0 Å². The molecule has 0 saturated heterocycles.